The van der Waals surface area contributed by atoms with Crippen molar-refractivity contribution in [1.29, 1.82) is 5.26 Å². The van der Waals surface area contributed by atoms with Gasteiger partial charge >= 0.3 is 0 Å². The first-order valence-electron chi connectivity index (χ1n) is 10.6. The molecular formula is C21H30N4O4S. The Hall–Kier alpha value is -2.31. The highest BCUT2D eigenvalue weighted by Gasteiger charge is 2.28. The molecule has 2 heterocycles. The van der Waals surface area contributed by atoms with Crippen LogP contribution >= 0.6 is 0 Å². The number of nitrogens with one attached hydrogen (secondary N) is 1. The molecular weight excluding hydrogens is 404 g/mol. The van der Waals surface area contributed by atoms with E-state index >= 15 is 0 Å². The van der Waals surface area contributed by atoms with Crippen LogP contribution in [-0.2, 0) is 19.6 Å². The van der Waals surface area contributed by atoms with Gasteiger partial charge in [0.15, 0.2) is 0 Å². The van der Waals surface area contributed by atoms with E-state index in [1.807, 2.05) is 18.2 Å². The summed E-state index contributed by atoms with van der Waals surface area (Å²) in [7, 11) is -3.85. The lowest BCUT2D eigenvalue weighted by molar-refractivity contribution is -0.132. The maximum Gasteiger partial charge on any atom is 0.241 e. The van der Waals surface area contributed by atoms with Gasteiger partial charge in [-0.1, -0.05) is 0 Å². The Morgan fingerprint density at radius 3 is 2.47 bits per heavy atom. The molecule has 2 aliphatic rings. The minimum Gasteiger partial charge on any atom is -0.381 e. The van der Waals surface area contributed by atoms with Gasteiger partial charge in [0.2, 0.25) is 15.9 Å². The van der Waals surface area contributed by atoms with Crippen LogP contribution in [0, 0.1) is 11.3 Å². The fourth-order valence-corrected chi connectivity index (χ4v) is 5.09. The predicted octanol–water partition coefficient (Wildman–Crippen LogP) is 2.34. The first kappa shape index (κ1) is 22.4. The van der Waals surface area contributed by atoms with Crippen molar-refractivity contribution in [2.75, 3.05) is 48.2 Å². The maximum absolute atomic E-state index is 12.8. The topological polar surface area (TPSA) is 103 Å². The number of hydrogen-bond acceptors (Lipinski definition) is 6. The first-order valence-corrected chi connectivity index (χ1v) is 12.2. The van der Waals surface area contributed by atoms with Crippen molar-refractivity contribution < 1.29 is 17.9 Å². The van der Waals surface area contributed by atoms with Gasteiger partial charge in [0.25, 0.3) is 0 Å². The third-order valence-electron chi connectivity index (χ3n) is 5.59. The van der Waals surface area contributed by atoms with Crippen molar-refractivity contribution in [2.45, 2.75) is 44.6 Å². The molecule has 0 aromatic heterocycles. The first-order chi connectivity index (χ1) is 14.5. The fourth-order valence-electron chi connectivity index (χ4n) is 4.03. The number of rotatable bonds is 8. The Morgan fingerprint density at radius 1 is 1.17 bits per heavy atom. The summed E-state index contributed by atoms with van der Waals surface area (Å²) >= 11 is 0. The number of sulfonamides is 1. The zero-order valence-corrected chi connectivity index (χ0v) is 18.1. The Morgan fingerprint density at radius 2 is 1.83 bits per heavy atom. The molecule has 164 valence electrons. The number of piperidine rings is 1. The number of carbonyl (C=O) groups is 1. The number of carbonyl (C=O) groups excluding carboxylic acids is 1. The third-order valence-corrected chi connectivity index (χ3v) is 6.77. The van der Waals surface area contributed by atoms with E-state index in [4.69, 9.17) is 10.00 Å². The van der Waals surface area contributed by atoms with Crippen molar-refractivity contribution in [3.05, 3.63) is 24.3 Å². The van der Waals surface area contributed by atoms with Gasteiger partial charge in [0.1, 0.15) is 5.75 Å². The number of anilines is 2. The molecule has 0 saturated carbocycles. The summed E-state index contributed by atoms with van der Waals surface area (Å²) in [5.74, 6) is -1.11. The van der Waals surface area contributed by atoms with Crippen LogP contribution in [0.5, 0.6) is 0 Å². The lowest BCUT2D eigenvalue weighted by Crippen LogP contribution is -2.46. The van der Waals surface area contributed by atoms with Crippen molar-refractivity contribution in [2.24, 2.45) is 0 Å². The second-order valence-corrected chi connectivity index (χ2v) is 9.52. The van der Waals surface area contributed by atoms with Crippen LogP contribution < -0.4 is 9.62 Å². The SMILES string of the molecule is N#CCCN(C(=O)CS(=O)(=O)Nc1ccc(N2CCCCC2)cc1)C1CCOCC1. The number of amides is 1. The lowest BCUT2D eigenvalue weighted by atomic mass is 10.1. The summed E-state index contributed by atoms with van der Waals surface area (Å²) < 4.78 is 33.0. The van der Waals surface area contributed by atoms with Gasteiger partial charge < -0.3 is 14.5 Å². The largest absolute Gasteiger partial charge is 0.381 e. The summed E-state index contributed by atoms with van der Waals surface area (Å²) in [5, 5.41) is 8.89. The van der Waals surface area contributed by atoms with E-state index in [1.54, 1.807) is 12.1 Å². The standard InChI is InChI=1S/C21H30N4O4S/c22-11-4-14-25(20-9-15-29-16-10-20)21(26)17-30(27,28)23-18-5-7-19(8-6-18)24-12-2-1-3-13-24/h5-8,20,23H,1-4,9-10,12-17H2. The molecule has 0 radical (unpaired) electrons. The summed E-state index contributed by atoms with van der Waals surface area (Å²) in [6, 6.07) is 9.23. The molecule has 0 spiro atoms. The molecule has 9 heteroatoms. The van der Waals surface area contributed by atoms with Gasteiger partial charge in [-0.15, -0.1) is 0 Å². The summed E-state index contributed by atoms with van der Waals surface area (Å²) in [5.41, 5.74) is 1.52. The normalized spacial score (nSPS) is 17.9. The fraction of sp³-hybridized carbons (Fsp3) is 0.619. The number of nitrogens with zero attached hydrogens (tertiary/aromatic N) is 3. The van der Waals surface area contributed by atoms with Crippen LogP contribution in [0.15, 0.2) is 24.3 Å². The van der Waals surface area contributed by atoms with E-state index in [9.17, 15) is 13.2 Å². The molecule has 30 heavy (non-hydrogen) atoms. The molecule has 8 nitrogen and oxygen atoms in total. The molecule has 2 fully saturated rings. The quantitative estimate of drug-likeness (QED) is 0.674. The summed E-state index contributed by atoms with van der Waals surface area (Å²) in [4.78, 5) is 16.6. The molecule has 1 N–H and O–H groups in total. The van der Waals surface area contributed by atoms with Gasteiger partial charge in [0.05, 0.1) is 12.5 Å². The Bertz CT molecular complexity index is 839. The molecule has 0 aliphatic carbocycles. The lowest BCUT2D eigenvalue weighted by Gasteiger charge is -2.34. The van der Waals surface area contributed by atoms with Crippen LogP contribution in [0.3, 0.4) is 0 Å². The Kier molecular flexibility index (Phi) is 7.94. The van der Waals surface area contributed by atoms with Crippen molar-refractivity contribution in [1.82, 2.24) is 4.90 Å². The van der Waals surface area contributed by atoms with Crippen LogP contribution in [0.2, 0.25) is 0 Å². The van der Waals surface area contributed by atoms with Crippen LogP contribution in [-0.4, -0.2) is 63.9 Å². The van der Waals surface area contributed by atoms with Gasteiger partial charge in [-0.2, -0.15) is 5.26 Å². The molecule has 0 bridgehead atoms. The molecule has 2 aliphatic heterocycles. The van der Waals surface area contributed by atoms with Gasteiger partial charge in [-0.3, -0.25) is 9.52 Å². The maximum atomic E-state index is 12.8. The Balaban J connectivity index is 1.61. The minimum atomic E-state index is -3.85. The monoisotopic (exact) mass is 434 g/mol. The number of ether oxygens (including phenoxy) is 1. The summed E-state index contributed by atoms with van der Waals surface area (Å²) in [6.07, 6.45) is 5.08. The van der Waals surface area contributed by atoms with Crippen molar-refractivity contribution in [3.63, 3.8) is 0 Å². The van der Waals surface area contributed by atoms with Crippen LogP contribution in [0.1, 0.15) is 38.5 Å². The average Bonchev–Trinajstić information content (AvgIpc) is 2.75. The van der Waals surface area contributed by atoms with E-state index in [-0.39, 0.29) is 19.0 Å². The molecule has 0 atom stereocenters. The molecule has 1 aromatic carbocycles. The van der Waals surface area contributed by atoms with Crippen molar-refractivity contribution >= 4 is 27.3 Å². The highest BCUT2D eigenvalue weighted by molar-refractivity contribution is 7.93. The predicted molar refractivity (Wildman–Crippen MR) is 116 cm³/mol. The molecule has 0 unspecified atom stereocenters. The number of nitriles is 1. The van der Waals surface area contributed by atoms with E-state index in [0.29, 0.717) is 31.7 Å². The van der Waals surface area contributed by atoms with E-state index in [2.05, 4.69) is 9.62 Å². The molecule has 1 amide bonds. The summed E-state index contributed by atoms with van der Waals surface area (Å²) in [6.45, 7) is 3.35. The zero-order valence-electron chi connectivity index (χ0n) is 17.3. The van der Waals surface area contributed by atoms with Crippen LogP contribution in [0.4, 0.5) is 11.4 Å². The molecule has 2 saturated heterocycles. The zero-order chi connectivity index (χ0) is 21.4. The second-order valence-electron chi connectivity index (χ2n) is 7.79. The average molecular weight is 435 g/mol. The van der Waals surface area contributed by atoms with Gasteiger partial charge in [-0.25, -0.2) is 8.42 Å². The smallest absolute Gasteiger partial charge is 0.241 e. The third kappa shape index (κ3) is 6.34. The number of benzene rings is 1. The Labute approximate surface area is 178 Å². The van der Waals surface area contributed by atoms with Crippen LogP contribution in [0.25, 0.3) is 0 Å². The highest BCUT2D eigenvalue weighted by Crippen LogP contribution is 2.22. The number of hydrogen-bond donors (Lipinski definition) is 1. The van der Waals surface area contributed by atoms with Gasteiger partial charge in [0, 0.05) is 50.3 Å². The van der Waals surface area contributed by atoms with E-state index in [1.165, 1.54) is 24.2 Å². The van der Waals surface area contributed by atoms with Crippen molar-refractivity contribution in [3.8, 4) is 6.07 Å². The van der Waals surface area contributed by atoms with Gasteiger partial charge in [-0.05, 0) is 56.4 Å². The second kappa shape index (κ2) is 10.6. The molecule has 1 aromatic rings. The molecule has 3 rings (SSSR count). The highest BCUT2D eigenvalue weighted by atomic mass is 32.2. The van der Waals surface area contributed by atoms with E-state index < -0.39 is 21.7 Å². The van der Waals surface area contributed by atoms with E-state index in [0.717, 1.165) is 18.8 Å². The minimum absolute atomic E-state index is 0.0846.